The molecule has 3 N–H and O–H groups in total. The minimum atomic E-state index is -0.525. The van der Waals surface area contributed by atoms with Crippen LogP contribution in [-0.2, 0) is 13.6 Å². The summed E-state index contributed by atoms with van der Waals surface area (Å²) in [6.45, 7) is 2.25. The predicted octanol–water partition coefficient (Wildman–Crippen LogP) is 1.38. The number of aromatic nitrogens is 2. The molecule has 0 aliphatic rings. The number of carbonyl (C=O) groups is 1. The van der Waals surface area contributed by atoms with E-state index >= 15 is 0 Å². The number of hydrogen-bond acceptors (Lipinski definition) is 3. The average Bonchev–Trinajstić information content (AvgIpc) is 2.66. The van der Waals surface area contributed by atoms with E-state index in [4.69, 9.17) is 5.73 Å². The van der Waals surface area contributed by atoms with E-state index in [0.717, 1.165) is 17.3 Å². The number of carbonyl (C=O) groups excluding carboxylic acids is 1. The number of nitrogens with zero attached hydrogens (tertiary/aromatic N) is 2. The summed E-state index contributed by atoms with van der Waals surface area (Å²) >= 11 is 0. The molecule has 0 spiro atoms. The lowest BCUT2D eigenvalue weighted by Gasteiger charge is -2.06. The van der Waals surface area contributed by atoms with Gasteiger partial charge in [0.05, 0.1) is 6.20 Å². The Bertz CT molecular complexity index is 601. The van der Waals surface area contributed by atoms with Crippen molar-refractivity contribution in [2.45, 2.75) is 13.5 Å². The molecule has 1 amide bonds. The van der Waals surface area contributed by atoms with Gasteiger partial charge in [-0.1, -0.05) is 0 Å². The molecule has 0 saturated carbocycles. The van der Waals surface area contributed by atoms with E-state index in [0.29, 0.717) is 6.54 Å². The molecule has 0 fully saturated rings. The molecule has 0 aliphatic heterocycles. The van der Waals surface area contributed by atoms with Gasteiger partial charge in [-0.05, 0) is 25.1 Å². The first kappa shape index (κ1) is 13.1. The van der Waals surface area contributed by atoms with Crippen molar-refractivity contribution in [3.8, 4) is 0 Å². The summed E-state index contributed by atoms with van der Waals surface area (Å²) in [4.78, 5) is 11.9. The molecule has 1 aromatic heterocycles. The third kappa shape index (κ3) is 2.90. The van der Waals surface area contributed by atoms with Crippen molar-refractivity contribution >= 4 is 11.6 Å². The second-order valence-corrected chi connectivity index (χ2v) is 4.33. The van der Waals surface area contributed by atoms with Crippen molar-refractivity contribution < 1.29 is 9.18 Å². The molecular formula is C13H15FN4O. The van der Waals surface area contributed by atoms with Gasteiger partial charge in [0.25, 0.3) is 5.91 Å². The maximum Gasteiger partial charge on any atom is 0.251 e. The van der Waals surface area contributed by atoms with Gasteiger partial charge in [-0.2, -0.15) is 5.10 Å². The van der Waals surface area contributed by atoms with Crippen LogP contribution in [0.5, 0.6) is 0 Å². The van der Waals surface area contributed by atoms with Crippen LogP contribution in [-0.4, -0.2) is 15.7 Å². The summed E-state index contributed by atoms with van der Waals surface area (Å²) < 4.78 is 14.9. The van der Waals surface area contributed by atoms with Crippen molar-refractivity contribution in [3.63, 3.8) is 0 Å². The fourth-order valence-corrected chi connectivity index (χ4v) is 1.74. The van der Waals surface area contributed by atoms with E-state index in [-0.39, 0.29) is 17.2 Å². The number of nitrogens with two attached hydrogens (primary N) is 1. The van der Waals surface area contributed by atoms with Crippen molar-refractivity contribution in [1.82, 2.24) is 15.1 Å². The number of nitrogen functional groups attached to an aromatic ring is 1. The zero-order valence-electron chi connectivity index (χ0n) is 10.8. The van der Waals surface area contributed by atoms with Crippen molar-refractivity contribution in [1.29, 1.82) is 0 Å². The molecule has 0 bridgehead atoms. The third-order valence-corrected chi connectivity index (χ3v) is 2.96. The Morgan fingerprint density at radius 3 is 2.79 bits per heavy atom. The Kier molecular flexibility index (Phi) is 3.50. The standard InChI is InChI=1S/C13H15FN4O/c1-8-10(7-17-18(8)2)6-16-13(19)9-3-11(14)5-12(15)4-9/h3-5,7H,6,15H2,1-2H3,(H,16,19). The molecule has 6 heteroatoms. The van der Waals surface area contributed by atoms with Gasteiger partial charge < -0.3 is 11.1 Å². The number of amides is 1. The zero-order chi connectivity index (χ0) is 14.0. The zero-order valence-corrected chi connectivity index (χ0v) is 10.8. The van der Waals surface area contributed by atoms with Gasteiger partial charge in [-0.25, -0.2) is 4.39 Å². The minimum absolute atomic E-state index is 0.207. The Balaban J connectivity index is 2.07. The minimum Gasteiger partial charge on any atom is -0.399 e. The van der Waals surface area contributed by atoms with Crippen LogP contribution in [0.3, 0.4) is 0 Å². The van der Waals surface area contributed by atoms with Crippen LogP contribution in [0, 0.1) is 12.7 Å². The third-order valence-electron chi connectivity index (χ3n) is 2.96. The van der Waals surface area contributed by atoms with Gasteiger partial charge in [0, 0.05) is 36.1 Å². The lowest BCUT2D eigenvalue weighted by Crippen LogP contribution is -2.23. The number of halogens is 1. The van der Waals surface area contributed by atoms with Crippen molar-refractivity contribution in [3.05, 3.63) is 47.0 Å². The van der Waals surface area contributed by atoms with Crippen molar-refractivity contribution in [2.75, 3.05) is 5.73 Å². The lowest BCUT2D eigenvalue weighted by atomic mass is 10.1. The molecule has 5 nitrogen and oxygen atoms in total. The molecular weight excluding hydrogens is 247 g/mol. The van der Waals surface area contributed by atoms with Crippen LogP contribution in [0.4, 0.5) is 10.1 Å². The summed E-state index contributed by atoms with van der Waals surface area (Å²) in [7, 11) is 1.83. The van der Waals surface area contributed by atoms with Crippen molar-refractivity contribution in [2.24, 2.45) is 7.05 Å². The maximum absolute atomic E-state index is 13.1. The molecule has 19 heavy (non-hydrogen) atoms. The van der Waals surface area contributed by atoms with Gasteiger partial charge in [0.15, 0.2) is 0 Å². The molecule has 0 atom stereocenters. The number of hydrogen-bond donors (Lipinski definition) is 2. The number of benzene rings is 1. The van der Waals surface area contributed by atoms with E-state index in [9.17, 15) is 9.18 Å². The first-order valence-corrected chi connectivity index (χ1v) is 5.79. The summed E-state index contributed by atoms with van der Waals surface area (Å²) in [6.07, 6.45) is 1.69. The Labute approximate surface area is 110 Å². The van der Waals surface area contributed by atoms with E-state index in [1.165, 1.54) is 12.1 Å². The number of anilines is 1. The van der Waals surface area contributed by atoms with E-state index in [1.807, 2.05) is 14.0 Å². The van der Waals surface area contributed by atoms with E-state index < -0.39 is 5.82 Å². The molecule has 0 aliphatic carbocycles. The Morgan fingerprint density at radius 1 is 1.47 bits per heavy atom. The summed E-state index contributed by atoms with van der Waals surface area (Å²) in [6, 6.07) is 3.76. The summed E-state index contributed by atoms with van der Waals surface area (Å²) in [5, 5.41) is 6.79. The lowest BCUT2D eigenvalue weighted by molar-refractivity contribution is 0.0950. The number of aryl methyl sites for hydroxylation is 1. The number of nitrogens with one attached hydrogen (secondary N) is 1. The fraction of sp³-hybridized carbons (Fsp3) is 0.231. The second-order valence-electron chi connectivity index (χ2n) is 4.33. The molecule has 100 valence electrons. The number of rotatable bonds is 3. The Morgan fingerprint density at radius 2 is 2.21 bits per heavy atom. The largest absolute Gasteiger partial charge is 0.399 e. The molecule has 0 saturated heterocycles. The van der Waals surface area contributed by atoms with Gasteiger partial charge >= 0.3 is 0 Å². The Hall–Kier alpha value is -2.37. The van der Waals surface area contributed by atoms with Crippen LogP contribution in [0.2, 0.25) is 0 Å². The molecule has 2 aromatic rings. The molecule has 1 aromatic carbocycles. The molecule has 0 unspecified atom stereocenters. The second kappa shape index (κ2) is 5.09. The van der Waals surface area contributed by atoms with Gasteiger partial charge in [0.2, 0.25) is 0 Å². The van der Waals surface area contributed by atoms with Gasteiger partial charge in [-0.15, -0.1) is 0 Å². The highest BCUT2D eigenvalue weighted by Crippen LogP contribution is 2.11. The predicted molar refractivity (Wildman–Crippen MR) is 69.9 cm³/mol. The fourth-order valence-electron chi connectivity index (χ4n) is 1.74. The van der Waals surface area contributed by atoms with Crippen LogP contribution in [0.25, 0.3) is 0 Å². The van der Waals surface area contributed by atoms with E-state index in [2.05, 4.69) is 10.4 Å². The first-order valence-electron chi connectivity index (χ1n) is 5.79. The van der Waals surface area contributed by atoms with Gasteiger partial charge in [0.1, 0.15) is 5.82 Å². The average molecular weight is 262 g/mol. The molecule has 2 rings (SSSR count). The molecule has 0 radical (unpaired) electrons. The van der Waals surface area contributed by atoms with E-state index in [1.54, 1.807) is 10.9 Å². The normalized spacial score (nSPS) is 10.5. The monoisotopic (exact) mass is 262 g/mol. The highest BCUT2D eigenvalue weighted by Gasteiger charge is 2.10. The van der Waals surface area contributed by atoms with Crippen LogP contribution in [0.15, 0.2) is 24.4 Å². The quantitative estimate of drug-likeness (QED) is 0.821. The highest BCUT2D eigenvalue weighted by atomic mass is 19.1. The topological polar surface area (TPSA) is 72.9 Å². The smallest absolute Gasteiger partial charge is 0.251 e. The molecule has 1 heterocycles. The van der Waals surface area contributed by atoms with Crippen LogP contribution < -0.4 is 11.1 Å². The highest BCUT2D eigenvalue weighted by molar-refractivity contribution is 5.95. The first-order chi connectivity index (χ1) is 8.97. The van der Waals surface area contributed by atoms with Crippen LogP contribution >= 0.6 is 0 Å². The SMILES string of the molecule is Cc1c(CNC(=O)c2cc(N)cc(F)c2)cnn1C. The maximum atomic E-state index is 13.1. The summed E-state index contributed by atoms with van der Waals surface area (Å²) in [5.41, 5.74) is 7.82. The summed E-state index contributed by atoms with van der Waals surface area (Å²) in [5.74, 6) is -0.892. The van der Waals surface area contributed by atoms with Crippen LogP contribution in [0.1, 0.15) is 21.6 Å². The van der Waals surface area contributed by atoms with Gasteiger partial charge in [-0.3, -0.25) is 9.48 Å².